The summed E-state index contributed by atoms with van der Waals surface area (Å²) in [6, 6.07) is 10.8. The van der Waals surface area contributed by atoms with Gasteiger partial charge in [-0.15, -0.1) is 11.8 Å². The molecular weight excluding hydrogens is 329 g/mol. The molecule has 0 spiro atoms. The third-order valence-corrected chi connectivity index (χ3v) is 4.85. The first kappa shape index (κ1) is 14.5. The van der Waals surface area contributed by atoms with Crippen molar-refractivity contribution in [1.29, 1.82) is 0 Å². The van der Waals surface area contributed by atoms with Crippen LogP contribution in [0.5, 0.6) is 0 Å². The molecule has 1 aliphatic heterocycles. The Labute approximate surface area is 136 Å². The molecule has 1 N–H and O–H groups in total. The average molecular weight is 340 g/mol. The van der Waals surface area contributed by atoms with Crippen LogP contribution in [0.4, 0.5) is 5.82 Å². The van der Waals surface area contributed by atoms with E-state index in [0.29, 0.717) is 21.6 Å². The van der Waals surface area contributed by atoms with E-state index in [0.717, 1.165) is 5.56 Å². The largest absolute Gasteiger partial charge is 0.278 e. The van der Waals surface area contributed by atoms with E-state index in [2.05, 4.69) is 10.4 Å². The number of hydrazine groups is 1. The van der Waals surface area contributed by atoms with Gasteiger partial charge >= 0.3 is 0 Å². The summed E-state index contributed by atoms with van der Waals surface area (Å²) in [5, 5.41) is 2.34. The van der Waals surface area contributed by atoms with Crippen molar-refractivity contribution >= 4 is 46.7 Å². The van der Waals surface area contributed by atoms with E-state index in [9.17, 15) is 4.79 Å². The monoisotopic (exact) mass is 339 g/mol. The van der Waals surface area contributed by atoms with Crippen LogP contribution < -0.4 is 5.43 Å². The Hall–Kier alpha value is -1.43. The van der Waals surface area contributed by atoms with Gasteiger partial charge in [0.2, 0.25) is 0 Å². The van der Waals surface area contributed by atoms with E-state index in [4.69, 9.17) is 23.2 Å². The molecule has 3 rings (SSSR count). The standard InChI is InChI=1S/C14H11Cl2N3OS/c15-9-4-3-5-10(16)13(9)14-19(12(20)8-21-14)18-11-6-1-2-7-17-11/h1-7,14H,8H2,(H,17,18). The number of hydrogen-bond acceptors (Lipinski definition) is 4. The Morgan fingerprint density at radius 2 is 1.95 bits per heavy atom. The Balaban J connectivity index is 1.93. The summed E-state index contributed by atoms with van der Waals surface area (Å²) in [6.45, 7) is 0. The normalized spacial score (nSPS) is 18.1. The number of benzene rings is 1. The first-order chi connectivity index (χ1) is 10.2. The molecule has 4 nitrogen and oxygen atoms in total. The molecule has 1 fully saturated rings. The number of halogens is 2. The molecule has 0 aliphatic carbocycles. The van der Waals surface area contributed by atoms with Gasteiger partial charge in [-0.25, -0.2) is 9.99 Å². The highest BCUT2D eigenvalue weighted by molar-refractivity contribution is 8.00. The number of hydrogen-bond donors (Lipinski definition) is 1. The third-order valence-electron chi connectivity index (χ3n) is 3.01. The van der Waals surface area contributed by atoms with Crippen LogP contribution >= 0.6 is 35.0 Å². The number of pyridine rings is 1. The number of anilines is 1. The highest BCUT2D eigenvalue weighted by atomic mass is 35.5. The number of rotatable bonds is 3. The minimum absolute atomic E-state index is 0.0355. The van der Waals surface area contributed by atoms with E-state index in [1.165, 1.54) is 16.8 Å². The van der Waals surface area contributed by atoms with Gasteiger partial charge in [-0.2, -0.15) is 0 Å². The lowest BCUT2D eigenvalue weighted by Crippen LogP contribution is -2.34. The molecule has 0 saturated carbocycles. The Kier molecular flexibility index (Phi) is 4.24. The Morgan fingerprint density at radius 1 is 1.19 bits per heavy atom. The van der Waals surface area contributed by atoms with E-state index < -0.39 is 0 Å². The van der Waals surface area contributed by atoms with Gasteiger partial charge in [0.05, 0.1) is 5.75 Å². The summed E-state index contributed by atoms with van der Waals surface area (Å²) in [5.74, 6) is 0.930. The van der Waals surface area contributed by atoms with Crippen LogP contribution in [0.25, 0.3) is 0 Å². The molecule has 1 atom stereocenters. The number of nitrogens with one attached hydrogen (secondary N) is 1. The van der Waals surface area contributed by atoms with Crippen LogP contribution in [-0.4, -0.2) is 21.7 Å². The molecule has 2 aromatic rings. The molecule has 1 aromatic carbocycles. The van der Waals surface area contributed by atoms with Crippen LogP contribution in [0, 0.1) is 0 Å². The zero-order valence-electron chi connectivity index (χ0n) is 10.8. The molecule has 1 saturated heterocycles. The molecule has 1 aromatic heterocycles. The van der Waals surface area contributed by atoms with Crippen LogP contribution in [0.2, 0.25) is 10.0 Å². The topological polar surface area (TPSA) is 45.2 Å². The van der Waals surface area contributed by atoms with Crippen molar-refractivity contribution in [3.63, 3.8) is 0 Å². The summed E-state index contributed by atoms with van der Waals surface area (Å²) >= 11 is 14.0. The first-order valence-electron chi connectivity index (χ1n) is 6.22. The molecule has 0 radical (unpaired) electrons. The molecule has 108 valence electrons. The summed E-state index contributed by atoms with van der Waals surface area (Å²) < 4.78 is 0. The van der Waals surface area contributed by atoms with Gasteiger partial charge in [0, 0.05) is 21.8 Å². The Bertz CT molecular complexity index is 648. The van der Waals surface area contributed by atoms with Crippen molar-refractivity contribution in [1.82, 2.24) is 9.99 Å². The van der Waals surface area contributed by atoms with Crippen molar-refractivity contribution in [2.24, 2.45) is 0 Å². The van der Waals surface area contributed by atoms with E-state index in [1.54, 1.807) is 30.5 Å². The maximum absolute atomic E-state index is 12.1. The van der Waals surface area contributed by atoms with Gasteiger partial charge in [0.1, 0.15) is 11.2 Å². The van der Waals surface area contributed by atoms with Crippen LogP contribution in [0.3, 0.4) is 0 Å². The maximum Gasteiger partial charge on any atom is 0.252 e. The van der Waals surface area contributed by atoms with Gasteiger partial charge < -0.3 is 0 Å². The Morgan fingerprint density at radius 3 is 2.62 bits per heavy atom. The number of aromatic nitrogens is 1. The zero-order valence-corrected chi connectivity index (χ0v) is 13.1. The van der Waals surface area contributed by atoms with Crippen molar-refractivity contribution in [3.05, 3.63) is 58.2 Å². The quantitative estimate of drug-likeness (QED) is 0.918. The SMILES string of the molecule is O=C1CSC(c2c(Cl)cccc2Cl)N1Nc1ccccn1. The fraction of sp³-hybridized carbons (Fsp3) is 0.143. The zero-order chi connectivity index (χ0) is 14.8. The second-order valence-corrected chi connectivity index (χ2v) is 6.27. The number of nitrogens with zero attached hydrogens (tertiary/aromatic N) is 2. The molecule has 21 heavy (non-hydrogen) atoms. The van der Waals surface area contributed by atoms with Crippen molar-refractivity contribution in [3.8, 4) is 0 Å². The second-order valence-electron chi connectivity index (χ2n) is 4.39. The lowest BCUT2D eigenvalue weighted by atomic mass is 10.2. The summed E-state index contributed by atoms with van der Waals surface area (Å²) in [4.78, 5) is 16.3. The van der Waals surface area contributed by atoms with E-state index in [1.807, 2.05) is 12.1 Å². The highest BCUT2D eigenvalue weighted by Crippen LogP contribution is 2.44. The molecule has 1 unspecified atom stereocenters. The molecule has 0 bridgehead atoms. The molecule has 2 heterocycles. The number of amides is 1. The fourth-order valence-electron chi connectivity index (χ4n) is 2.06. The van der Waals surface area contributed by atoms with Gasteiger partial charge in [-0.1, -0.05) is 35.3 Å². The fourth-order valence-corrected chi connectivity index (χ4v) is 3.97. The summed E-state index contributed by atoms with van der Waals surface area (Å²) in [5.41, 5.74) is 3.76. The minimum Gasteiger partial charge on any atom is -0.278 e. The highest BCUT2D eigenvalue weighted by Gasteiger charge is 2.35. The lowest BCUT2D eigenvalue weighted by molar-refractivity contribution is -0.126. The molecular formula is C14H11Cl2N3OS. The smallest absolute Gasteiger partial charge is 0.252 e. The average Bonchev–Trinajstić information content (AvgIpc) is 2.82. The first-order valence-corrected chi connectivity index (χ1v) is 8.02. The van der Waals surface area contributed by atoms with Crippen molar-refractivity contribution in [2.75, 3.05) is 11.2 Å². The lowest BCUT2D eigenvalue weighted by Gasteiger charge is -2.26. The number of carbonyl (C=O) groups is 1. The minimum atomic E-state index is -0.277. The third kappa shape index (κ3) is 2.95. The number of thioether (sulfide) groups is 1. The van der Waals surface area contributed by atoms with Crippen LogP contribution in [0.15, 0.2) is 42.6 Å². The van der Waals surface area contributed by atoms with Crippen LogP contribution in [0.1, 0.15) is 10.9 Å². The van der Waals surface area contributed by atoms with E-state index in [-0.39, 0.29) is 11.3 Å². The van der Waals surface area contributed by atoms with Crippen LogP contribution in [-0.2, 0) is 4.79 Å². The molecule has 7 heteroatoms. The number of carbonyl (C=O) groups excluding carboxylic acids is 1. The van der Waals surface area contributed by atoms with Gasteiger partial charge in [0.15, 0.2) is 0 Å². The predicted octanol–water partition coefficient (Wildman–Crippen LogP) is 3.99. The van der Waals surface area contributed by atoms with Crippen molar-refractivity contribution in [2.45, 2.75) is 5.37 Å². The van der Waals surface area contributed by atoms with Gasteiger partial charge in [-0.3, -0.25) is 10.2 Å². The summed E-state index contributed by atoms with van der Waals surface area (Å²) in [6.07, 6.45) is 1.66. The van der Waals surface area contributed by atoms with Crippen molar-refractivity contribution < 1.29 is 4.79 Å². The second kappa shape index (κ2) is 6.13. The predicted molar refractivity (Wildman–Crippen MR) is 86.4 cm³/mol. The molecule has 1 amide bonds. The van der Waals surface area contributed by atoms with Gasteiger partial charge in [0.25, 0.3) is 5.91 Å². The summed E-state index contributed by atoms with van der Waals surface area (Å²) in [7, 11) is 0. The molecule has 1 aliphatic rings. The van der Waals surface area contributed by atoms with Gasteiger partial charge in [-0.05, 0) is 24.3 Å². The maximum atomic E-state index is 12.1. The van der Waals surface area contributed by atoms with E-state index >= 15 is 0 Å².